The number of hydrogen-bond acceptors (Lipinski definition) is 6. The SMILES string of the molecule is CN(C(=O)OC(C)(C)C)c1nc(Cl)c([N+](=O)[O-])c2c1ncn2C. The first-order valence-corrected chi connectivity index (χ1v) is 7.02. The number of carbonyl (C=O) groups is 1. The van der Waals surface area contributed by atoms with E-state index in [0.717, 1.165) is 4.90 Å². The minimum atomic E-state index is -0.695. The molecule has 0 bridgehead atoms. The molecule has 0 aliphatic heterocycles. The van der Waals surface area contributed by atoms with Crippen molar-refractivity contribution < 1.29 is 14.5 Å². The molecule has 0 aliphatic rings. The predicted octanol–water partition coefficient (Wildman–Crippen LogP) is 2.90. The lowest BCUT2D eigenvalue weighted by Crippen LogP contribution is -2.34. The number of hydrogen-bond donors (Lipinski definition) is 0. The maximum absolute atomic E-state index is 12.2. The molecule has 10 heteroatoms. The predicted molar refractivity (Wildman–Crippen MR) is 84.8 cm³/mol. The van der Waals surface area contributed by atoms with E-state index in [0.29, 0.717) is 0 Å². The minimum absolute atomic E-state index is 0.0884. The zero-order valence-corrected chi connectivity index (χ0v) is 14.1. The highest BCUT2D eigenvalue weighted by Crippen LogP contribution is 2.36. The van der Waals surface area contributed by atoms with E-state index < -0.39 is 16.6 Å². The molecule has 0 spiro atoms. The number of rotatable bonds is 2. The van der Waals surface area contributed by atoms with E-state index >= 15 is 0 Å². The lowest BCUT2D eigenvalue weighted by molar-refractivity contribution is -0.383. The van der Waals surface area contributed by atoms with Crippen LogP contribution in [0.15, 0.2) is 6.33 Å². The maximum Gasteiger partial charge on any atom is 0.415 e. The first-order chi connectivity index (χ1) is 10.5. The summed E-state index contributed by atoms with van der Waals surface area (Å²) in [4.78, 5) is 32.0. The molecule has 0 aromatic carbocycles. The number of pyridine rings is 1. The third-order valence-corrected chi connectivity index (χ3v) is 3.20. The Bertz CT molecular complexity index is 796. The molecule has 23 heavy (non-hydrogen) atoms. The lowest BCUT2D eigenvalue weighted by Gasteiger charge is -2.24. The van der Waals surface area contributed by atoms with Crippen molar-refractivity contribution in [2.45, 2.75) is 26.4 Å². The third kappa shape index (κ3) is 3.19. The van der Waals surface area contributed by atoms with E-state index in [9.17, 15) is 14.9 Å². The summed E-state index contributed by atoms with van der Waals surface area (Å²) < 4.78 is 6.71. The summed E-state index contributed by atoms with van der Waals surface area (Å²) in [6.45, 7) is 5.18. The molecule has 0 radical (unpaired) electrons. The second-order valence-electron chi connectivity index (χ2n) is 5.92. The smallest absolute Gasteiger partial charge is 0.415 e. The number of imidazole rings is 1. The van der Waals surface area contributed by atoms with Crippen LogP contribution in [-0.4, -0.2) is 38.2 Å². The van der Waals surface area contributed by atoms with Crippen molar-refractivity contribution in [1.82, 2.24) is 14.5 Å². The van der Waals surface area contributed by atoms with Gasteiger partial charge < -0.3 is 9.30 Å². The highest BCUT2D eigenvalue weighted by atomic mass is 35.5. The normalized spacial score (nSPS) is 11.6. The highest BCUT2D eigenvalue weighted by Gasteiger charge is 2.30. The summed E-state index contributed by atoms with van der Waals surface area (Å²) in [5.74, 6) is 0.0884. The van der Waals surface area contributed by atoms with Gasteiger partial charge in [-0.15, -0.1) is 0 Å². The Hall–Kier alpha value is -2.42. The minimum Gasteiger partial charge on any atom is -0.443 e. The van der Waals surface area contributed by atoms with Gasteiger partial charge in [0.2, 0.25) is 5.15 Å². The van der Waals surface area contributed by atoms with Crippen LogP contribution >= 0.6 is 11.6 Å². The first-order valence-electron chi connectivity index (χ1n) is 6.64. The van der Waals surface area contributed by atoms with Crippen molar-refractivity contribution in [3.05, 3.63) is 21.6 Å². The van der Waals surface area contributed by atoms with Crippen LogP contribution < -0.4 is 4.90 Å². The molecule has 2 rings (SSSR count). The van der Waals surface area contributed by atoms with Gasteiger partial charge in [0.15, 0.2) is 11.3 Å². The van der Waals surface area contributed by atoms with Crippen LogP contribution in [0.5, 0.6) is 0 Å². The molecule has 1 amide bonds. The summed E-state index contributed by atoms with van der Waals surface area (Å²) in [6, 6.07) is 0. The second kappa shape index (κ2) is 5.65. The number of aromatic nitrogens is 3. The number of nitro groups is 1. The molecule has 0 N–H and O–H groups in total. The number of ether oxygens (including phenoxy) is 1. The number of nitrogens with zero attached hydrogens (tertiary/aromatic N) is 5. The van der Waals surface area contributed by atoms with Gasteiger partial charge in [-0.05, 0) is 20.8 Å². The van der Waals surface area contributed by atoms with Crippen LogP contribution in [0.1, 0.15) is 20.8 Å². The Morgan fingerprint density at radius 2 is 2.09 bits per heavy atom. The second-order valence-corrected chi connectivity index (χ2v) is 6.28. The van der Waals surface area contributed by atoms with Crippen LogP contribution in [0.4, 0.5) is 16.3 Å². The van der Waals surface area contributed by atoms with Gasteiger partial charge >= 0.3 is 11.8 Å². The van der Waals surface area contributed by atoms with Gasteiger partial charge in [0.25, 0.3) is 0 Å². The van der Waals surface area contributed by atoms with Gasteiger partial charge in [-0.3, -0.25) is 15.0 Å². The van der Waals surface area contributed by atoms with E-state index in [4.69, 9.17) is 16.3 Å². The standard InChI is InChI=1S/C13H16ClN5O4/c1-13(2,3)23-12(20)18(5)11-7-8(17(4)6-15-7)9(19(21)22)10(14)16-11/h6H,1-5H3. The van der Waals surface area contributed by atoms with Gasteiger partial charge in [-0.2, -0.15) is 0 Å². The maximum atomic E-state index is 12.2. The Morgan fingerprint density at radius 3 is 2.61 bits per heavy atom. The molecular weight excluding hydrogens is 326 g/mol. The monoisotopic (exact) mass is 341 g/mol. The number of anilines is 1. The zero-order valence-electron chi connectivity index (χ0n) is 13.3. The topological polar surface area (TPSA) is 103 Å². The molecule has 0 saturated heterocycles. The van der Waals surface area contributed by atoms with E-state index in [2.05, 4.69) is 9.97 Å². The fraction of sp³-hybridized carbons (Fsp3) is 0.462. The lowest BCUT2D eigenvalue weighted by atomic mass is 10.2. The zero-order chi connectivity index (χ0) is 17.5. The molecule has 2 aromatic rings. The van der Waals surface area contributed by atoms with Crippen molar-refractivity contribution in [2.75, 3.05) is 11.9 Å². The fourth-order valence-corrected chi connectivity index (χ4v) is 2.22. The van der Waals surface area contributed by atoms with E-state index in [-0.39, 0.29) is 27.7 Å². The third-order valence-electron chi connectivity index (χ3n) is 2.94. The number of fused-ring (bicyclic) bond motifs is 1. The molecule has 2 aromatic heterocycles. The van der Waals surface area contributed by atoms with Crippen LogP contribution in [-0.2, 0) is 11.8 Å². The summed E-state index contributed by atoms with van der Waals surface area (Å²) >= 11 is 5.94. The van der Waals surface area contributed by atoms with Gasteiger partial charge in [-0.25, -0.2) is 14.8 Å². The average Bonchev–Trinajstić information content (AvgIpc) is 2.77. The number of carbonyl (C=O) groups excluding carboxylic acids is 1. The molecule has 2 heterocycles. The van der Waals surface area contributed by atoms with Crippen LogP contribution in [0.3, 0.4) is 0 Å². The van der Waals surface area contributed by atoms with Crippen molar-refractivity contribution in [2.24, 2.45) is 7.05 Å². The summed E-state index contributed by atoms with van der Waals surface area (Å²) in [5, 5.41) is 10.9. The van der Waals surface area contributed by atoms with Crippen LogP contribution in [0.2, 0.25) is 5.15 Å². The van der Waals surface area contributed by atoms with Gasteiger partial charge in [0, 0.05) is 14.1 Å². The van der Waals surface area contributed by atoms with E-state index in [1.807, 2.05) is 0 Å². The molecule has 124 valence electrons. The Kier molecular flexibility index (Phi) is 4.16. The molecule has 0 saturated carbocycles. The molecule has 0 fully saturated rings. The first kappa shape index (κ1) is 16.9. The van der Waals surface area contributed by atoms with E-state index in [1.165, 1.54) is 17.9 Å². The summed E-state index contributed by atoms with van der Waals surface area (Å²) in [7, 11) is 3.03. The van der Waals surface area contributed by atoms with Gasteiger partial charge in [0.1, 0.15) is 11.1 Å². The molecule has 0 unspecified atom stereocenters. The molecule has 0 atom stereocenters. The largest absolute Gasteiger partial charge is 0.443 e. The fourth-order valence-electron chi connectivity index (χ4n) is 1.98. The van der Waals surface area contributed by atoms with Crippen LogP contribution in [0.25, 0.3) is 11.0 Å². The summed E-state index contributed by atoms with van der Waals surface area (Å²) in [6.07, 6.45) is 0.726. The molecular formula is C13H16ClN5O4. The van der Waals surface area contributed by atoms with Crippen molar-refractivity contribution in [1.29, 1.82) is 0 Å². The molecule has 0 aliphatic carbocycles. The number of aryl methyl sites for hydroxylation is 1. The Morgan fingerprint density at radius 1 is 1.48 bits per heavy atom. The number of halogens is 1. The Labute approximate surface area is 137 Å². The van der Waals surface area contributed by atoms with Gasteiger partial charge in [-0.1, -0.05) is 11.6 Å². The van der Waals surface area contributed by atoms with Crippen molar-refractivity contribution in [3.63, 3.8) is 0 Å². The van der Waals surface area contributed by atoms with Crippen LogP contribution in [0, 0.1) is 10.1 Å². The van der Waals surface area contributed by atoms with E-state index in [1.54, 1.807) is 27.8 Å². The Balaban J connectivity index is 2.61. The highest BCUT2D eigenvalue weighted by molar-refractivity contribution is 6.33. The van der Waals surface area contributed by atoms with Gasteiger partial charge in [0.05, 0.1) is 11.3 Å². The number of amides is 1. The average molecular weight is 342 g/mol. The van der Waals surface area contributed by atoms with Crippen molar-refractivity contribution in [3.8, 4) is 0 Å². The summed E-state index contributed by atoms with van der Waals surface area (Å²) in [5.41, 5.74) is -0.681. The quantitative estimate of drug-likeness (QED) is 0.472. The van der Waals surface area contributed by atoms with Crippen molar-refractivity contribution >= 4 is 40.2 Å². The molecule has 9 nitrogen and oxygen atoms in total.